The zero-order chi connectivity index (χ0) is 20.5. The smallest absolute Gasteiger partial charge is 0.324 e. The first kappa shape index (κ1) is 20.2. The number of nitrogens with one attached hydrogen (secondary N) is 1. The van der Waals surface area contributed by atoms with E-state index in [0.29, 0.717) is 18.8 Å². The maximum atomic E-state index is 13.2. The van der Waals surface area contributed by atoms with Gasteiger partial charge >= 0.3 is 12.2 Å². The van der Waals surface area contributed by atoms with E-state index in [-0.39, 0.29) is 17.5 Å². The zero-order valence-corrected chi connectivity index (χ0v) is 16.3. The van der Waals surface area contributed by atoms with Crippen LogP contribution in [0.25, 0.3) is 0 Å². The molecule has 1 atom stereocenters. The highest BCUT2D eigenvalue weighted by Crippen LogP contribution is 2.40. The molecule has 28 heavy (non-hydrogen) atoms. The summed E-state index contributed by atoms with van der Waals surface area (Å²) in [6.07, 6.45) is -0.597. The van der Waals surface area contributed by atoms with Crippen LogP contribution in [-0.2, 0) is 12.5 Å². The van der Waals surface area contributed by atoms with Gasteiger partial charge in [-0.1, -0.05) is 12.1 Å². The van der Waals surface area contributed by atoms with Crippen LogP contribution in [0.5, 0.6) is 0 Å². The summed E-state index contributed by atoms with van der Waals surface area (Å²) in [6, 6.07) is 7.57. The highest BCUT2D eigenvalue weighted by molar-refractivity contribution is 5.89. The summed E-state index contributed by atoms with van der Waals surface area (Å²) in [7, 11) is 1.86. The molecule has 1 aromatic heterocycles. The molecule has 1 fully saturated rings. The Labute approximate surface area is 162 Å². The van der Waals surface area contributed by atoms with Gasteiger partial charge in [0, 0.05) is 37.9 Å². The molecule has 1 aliphatic heterocycles. The molecule has 0 radical (unpaired) electrons. The van der Waals surface area contributed by atoms with Gasteiger partial charge in [-0.3, -0.25) is 4.68 Å². The molecule has 0 aliphatic carbocycles. The van der Waals surface area contributed by atoms with E-state index in [1.54, 1.807) is 9.58 Å². The average molecular weight is 394 g/mol. The monoisotopic (exact) mass is 394 g/mol. The van der Waals surface area contributed by atoms with Crippen LogP contribution in [0.2, 0.25) is 0 Å². The summed E-state index contributed by atoms with van der Waals surface area (Å²) in [4.78, 5) is 14.3. The zero-order valence-electron chi connectivity index (χ0n) is 16.3. The van der Waals surface area contributed by atoms with E-state index in [1.165, 1.54) is 24.3 Å². The van der Waals surface area contributed by atoms with E-state index in [1.807, 2.05) is 19.3 Å². The number of urea groups is 1. The van der Waals surface area contributed by atoms with Gasteiger partial charge in [-0.05, 0) is 50.5 Å². The van der Waals surface area contributed by atoms with Crippen molar-refractivity contribution in [2.24, 2.45) is 7.05 Å². The number of aromatic nitrogens is 2. The van der Waals surface area contributed by atoms with Gasteiger partial charge < -0.3 is 10.2 Å². The second kappa shape index (κ2) is 7.48. The minimum absolute atomic E-state index is 0.159. The molecule has 0 spiro atoms. The topological polar surface area (TPSA) is 50.2 Å². The predicted molar refractivity (Wildman–Crippen MR) is 101 cm³/mol. The summed E-state index contributed by atoms with van der Waals surface area (Å²) < 4.78 is 41.3. The Hall–Kier alpha value is -2.51. The summed E-state index contributed by atoms with van der Waals surface area (Å²) >= 11 is 0. The molecule has 1 N–H and O–H groups in total. The van der Waals surface area contributed by atoms with Crippen LogP contribution in [0.15, 0.2) is 36.5 Å². The number of piperidine rings is 1. The molecular weight excluding hydrogens is 369 g/mol. The fourth-order valence-corrected chi connectivity index (χ4v) is 3.39. The lowest BCUT2D eigenvalue weighted by Gasteiger charge is -2.32. The van der Waals surface area contributed by atoms with Crippen molar-refractivity contribution in [3.63, 3.8) is 0 Å². The lowest BCUT2D eigenvalue weighted by atomic mass is 9.84. The largest absolute Gasteiger partial charge is 0.397 e. The van der Waals surface area contributed by atoms with E-state index in [9.17, 15) is 18.0 Å². The third-order valence-corrected chi connectivity index (χ3v) is 5.43. The molecule has 1 saturated heterocycles. The second-order valence-corrected chi connectivity index (χ2v) is 7.83. The van der Waals surface area contributed by atoms with Crippen LogP contribution in [-0.4, -0.2) is 40.0 Å². The number of anilines is 1. The van der Waals surface area contributed by atoms with Crippen LogP contribution >= 0.6 is 0 Å². The highest BCUT2D eigenvalue weighted by atomic mass is 19.4. The first-order valence-corrected chi connectivity index (χ1v) is 9.30. The number of hydrogen-bond donors (Lipinski definition) is 1. The van der Waals surface area contributed by atoms with Crippen LogP contribution in [0, 0.1) is 0 Å². The Morgan fingerprint density at radius 3 is 2.43 bits per heavy atom. The Morgan fingerprint density at radius 1 is 1.18 bits per heavy atom. The Morgan fingerprint density at radius 2 is 1.86 bits per heavy atom. The van der Waals surface area contributed by atoms with Crippen LogP contribution in [0.1, 0.15) is 43.9 Å². The molecule has 0 bridgehead atoms. The number of nitrogens with zero attached hydrogens (tertiary/aromatic N) is 3. The van der Waals surface area contributed by atoms with Crippen molar-refractivity contribution in [2.75, 3.05) is 18.4 Å². The molecule has 1 aromatic carbocycles. The van der Waals surface area contributed by atoms with Gasteiger partial charge in [-0.25, -0.2) is 4.79 Å². The summed E-state index contributed by atoms with van der Waals surface area (Å²) in [5, 5.41) is 7.22. The lowest BCUT2D eigenvalue weighted by Crippen LogP contribution is -2.41. The maximum Gasteiger partial charge on any atom is 0.397 e. The van der Waals surface area contributed by atoms with E-state index < -0.39 is 11.6 Å². The first-order valence-electron chi connectivity index (χ1n) is 9.30. The molecule has 152 valence electrons. The van der Waals surface area contributed by atoms with Crippen molar-refractivity contribution in [3.8, 4) is 0 Å². The number of carbonyl (C=O) groups is 1. The van der Waals surface area contributed by atoms with Crippen LogP contribution in [0.4, 0.5) is 23.7 Å². The highest BCUT2D eigenvalue weighted by Gasteiger charge is 2.48. The third-order valence-electron chi connectivity index (χ3n) is 5.43. The molecular formula is C20H25F3N4O. The van der Waals surface area contributed by atoms with Crippen molar-refractivity contribution in [1.29, 1.82) is 0 Å². The molecule has 8 heteroatoms. The van der Waals surface area contributed by atoms with Gasteiger partial charge in [0.2, 0.25) is 0 Å². The van der Waals surface area contributed by atoms with Crippen molar-refractivity contribution >= 4 is 11.7 Å². The van der Waals surface area contributed by atoms with E-state index >= 15 is 0 Å². The fraction of sp³-hybridized carbons (Fsp3) is 0.500. The molecule has 3 rings (SSSR count). The maximum absolute atomic E-state index is 13.2. The quantitative estimate of drug-likeness (QED) is 0.822. The number of likely N-dealkylation sites (tertiary alicyclic amines) is 1. The number of aryl methyl sites for hydroxylation is 1. The normalized spacial score (nSPS) is 18.2. The van der Waals surface area contributed by atoms with Gasteiger partial charge in [-0.2, -0.15) is 18.3 Å². The molecule has 1 aliphatic rings. The number of alkyl halides is 3. The number of amides is 2. The predicted octanol–water partition coefficient (Wildman–Crippen LogP) is 4.67. The first-order chi connectivity index (χ1) is 13.1. The number of benzene rings is 1. The van der Waals surface area contributed by atoms with Crippen LogP contribution in [0.3, 0.4) is 0 Å². The fourth-order valence-electron chi connectivity index (χ4n) is 3.39. The SMILES string of the molecule is Cn1ccc(C2CCCN(C(=O)Nc3ccc(C(C)(C)C(F)(F)F)cc3)C2)n1. The van der Waals surface area contributed by atoms with Gasteiger partial charge in [0.1, 0.15) is 0 Å². The van der Waals surface area contributed by atoms with E-state index in [0.717, 1.165) is 32.4 Å². The standard InChI is InChI=1S/C20H25F3N4O/c1-19(2,20(21,22)23)15-6-8-16(9-7-15)24-18(28)27-11-4-5-14(13-27)17-10-12-26(3)25-17/h6-10,12,14H,4-5,11,13H2,1-3H3,(H,24,28). The Bertz CT molecular complexity index is 827. The molecule has 0 saturated carbocycles. The molecule has 2 heterocycles. The van der Waals surface area contributed by atoms with E-state index in [4.69, 9.17) is 0 Å². The van der Waals surface area contributed by atoms with Crippen molar-refractivity contribution in [3.05, 3.63) is 47.8 Å². The minimum atomic E-state index is -4.34. The number of halogens is 3. The molecule has 2 amide bonds. The van der Waals surface area contributed by atoms with Crippen molar-refractivity contribution in [1.82, 2.24) is 14.7 Å². The van der Waals surface area contributed by atoms with E-state index in [2.05, 4.69) is 10.4 Å². The van der Waals surface area contributed by atoms with Gasteiger partial charge in [0.05, 0.1) is 11.1 Å². The average Bonchev–Trinajstić information content (AvgIpc) is 3.08. The van der Waals surface area contributed by atoms with Crippen molar-refractivity contribution < 1.29 is 18.0 Å². The molecule has 2 aromatic rings. The van der Waals surface area contributed by atoms with Gasteiger partial charge in [0.25, 0.3) is 0 Å². The lowest BCUT2D eigenvalue weighted by molar-refractivity contribution is -0.180. The summed E-state index contributed by atoms with van der Waals surface area (Å²) in [5.41, 5.74) is -0.338. The molecule has 1 unspecified atom stereocenters. The second-order valence-electron chi connectivity index (χ2n) is 7.83. The van der Waals surface area contributed by atoms with Crippen molar-refractivity contribution in [2.45, 2.75) is 44.2 Å². The molecule has 5 nitrogen and oxygen atoms in total. The van der Waals surface area contributed by atoms with Crippen LogP contribution < -0.4 is 5.32 Å². The number of carbonyl (C=O) groups excluding carboxylic acids is 1. The number of hydrogen-bond acceptors (Lipinski definition) is 2. The number of rotatable bonds is 3. The Balaban J connectivity index is 1.64. The third kappa shape index (κ3) is 4.15. The summed E-state index contributed by atoms with van der Waals surface area (Å²) in [6.45, 7) is 3.51. The van der Waals surface area contributed by atoms with Gasteiger partial charge in [0.15, 0.2) is 0 Å². The minimum Gasteiger partial charge on any atom is -0.324 e. The van der Waals surface area contributed by atoms with Gasteiger partial charge in [-0.15, -0.1) is 0 Å². The Kier molecular flexibility index (Phi) is 5.41. The summed E-state index contributed by atoms with van der Waals surface area (Å²) in [5.74, 6) is 0.190.